The Balaban J connectivity index is 2.21. The smallest absolute Gasteiger partial charge is 0.0794 e. The third kappa shape index (κ3) is 4.31. The minimum absolute atomic E-state index is 0.289. The molecule has 2 unspecified atom stereocenters. The van der Waals surface area contributed by atoms with Crippen molar-refractivity contribution >= 4 is 0 Å². The topological polar surface area (TPSA) is 21.3 Å². The first kappa shape index (κ1) is 16.5. The second-order valence-electron chi connectivity index (χ2n) is 6.23. The van der Waals surface area contributed by atoms with Crippen molar-refractivity contribution in [3.05, 3.63) is 35.4 Å². The van der Waals surface area contributed by atoms with Crippen LogP contribution in [-0.2, 0) is 11.2 Å². The molecule has 0 radical (unpaired) electrons. The van der Waals surface area contributed by atoms with Crippen LogP contribution >= 0.6 is 0 Å². The number of benzene rings is 1. The van der Waals surface area contributed by atoms with Gasteiger partial charge in [-0.2, -0.15) is 0 Å². The van der Waals surface area contributed by atoms with E-state index in [1.165, 1.54) is 43.2 Å². The van der Waals surface area contributed by atoms with Gasteiger partial charge in [-0.25, -0.2) is 0 Å². The Kier molecular flexibility index (Phi) is 6.72. The Labute approximate surface area is 130 Å². The van der Waals surface area contributed by atoms with Gasteiger partial charge in [0.15, 0.2) is 0 Å². The molecule has 2 heteroatoms. The molecule has 0 spiro atoms. The quantitative estimate of drug-likeness (QED) is 0.798. The van der Waals surface area contributed by atoms with Crippen molar-refractivity contribution in [2.24, 2.45) is 5.92 Å². The molecule has 2 rings (SSSR count). The van der Waals surface area contributed by atoms with E-state index < -0.39 is 0 Å². The van der Waals surface area contributed by atoms with Crippen LogP contribution in [0.5, 0.6) is 0 Å². The SMILES string of the molecule is CCNC(c1cccc(CC)c1)C(OC)C1CCCCC1. The highest BCUT2D eigenvalue weighted by atomic mass is 16.5. The maximum atomic E-state index is 5.97. The zero-order chi connectivity index (χ0) is 15.1. The van der Waals surface area contributed by atoms with Crippen LogP contribution in [0.4, 0.5) is 0 Å². The molecule has 1 aromatic carbocycles. The van der Waals surface area contributed by atoms with Gasteiger partial charge in [-0.15, -0.1) is 0 Å². The first-order valence-electron chi connectivity index (χ1n) is 8.65. The van der Waals surface area contributed by atoms with Gasteiger partial charge in [-0.05, 0) is 42.9 Å². The van der Waals surface area contributed by atoms with E-state index in [1.807, 2.05) is 7.11 Å². The van der Waals surface area contributed by atoms with Crippen LogP contribution in [0.2, 0.25) is 0 Å². The van der Waals surface area contributed by atoms with E-state index >= 15 is 0 Å². The molecule has 0 heterocycles. The molecule has 1 fully saturated rings. The number of aryl methyl sites for hydroxylation is 1. The van der Waals surface area contributed by atoms with Crippen molar-refractivity contribution in [1.82, 2.24) is 5.32 Å². The lowest BCUT2D eigenvalue weighted by Gasteiger charge is -2.35. The monoisotopic (exact) mass is 289 g/mol. The van der Waals surface area contributed by atoms with Crippen molar-refractivity contribution < 1.29 is 4.74 Å². The Morgan fingerprint density at radius 1 is 1.19 bits per heavy atom. The molecule has 21 heavy (non-hydrogen) atoms. The van der Waals surface area contributed by atoms with E-state index in [1.54, 1.807) is 0 Å². The van der Waals surface area contributed by atoms with Gasteiger partial charge in [0.1, 0.15) is 0 Å². The van der Waals surface area contributed by atoms with Crippen LogP contribution in [0.1, 0.15) is 63.1 Å². The van der Waals surface area contributed by atoms with Gasteiger partial charge in [0.05, 0.1) is 12.1 Å². The number of methoxy groups -OCH3 is 1. The maximum absolute atomic E-state index is 5.97. The van der Waals surface area contributed by atoms with Gasteiger partial charge in [0, 0.05) is 7.11 Å². The predicted octanol–water partition coefficient (Wildman–Crippen LogP) is 4.49. The van der Waals surface area contributed by atoms with Crippen LogP contribution in [0.25, 0.3) is 0 Å². The highest BCUT2D eigenvalue weighted by Crippen LogP contribution is 2.34. The fourth-order valence-corrected chi connectivity index (χ4v) is 3.71. The summed E-state index contributed by atoms with van der Waals surface area (Å²) in [6, 6.07) is 9.32. The van der Waals surface area contributed by atoms with Crippen molar-refractivity contribution in [1.29, 1.82) is 0 Å². The third-order valence-electron chi connectivity index (χ3n) is 4.86. The minimum atomic E-state index is 0.289. The van der Waals surface area contributed by atoms with Crippen LogP contribution in [0.15, 0.2) is 24.3 Å². The predicted molar refractivity (Wildman–Crippen MR) is 89.6 cm³/mol. The number of nitrogens with one attached hydrogen (secondary N) is 1. The van der Waals surface area contributed by atoms with E-state index in [4.69, 9.17) is 4.74 Å². The highest BCUT2D eigenvalue weighted by Gasteiger charge is 2.31. The molecule has 1 aromatic rings. The first-order chi connectivity index (χ1) is 10.3. The zero-order valence-corrected chi connectivity index (χ0v) is 13.9. The van der Waals surface area contributed by atoms with Gasteiger partial charge in [0.2, 0.25) is 0 Å². The fraction of sp³-hybridized carbons (Fsp3) is 0.684. The minimum Gasteiger partial charge on any atom is -0.379 e. The average Bonchev–Trinajstić information content (AvgIpc) is 2.56. The summed E-state index contributed by atoms with van der Waals surface area (Å²) in [6.07, 6.45) is 8.12. The van der Waals surface area contributed by atoms with Crippen LogP contribution in [-0.4, -0.2) is 19.8 Å². The molecule has 118 valence electrons. The van der Waals surface area contributed by atoms with Gasteiger partial charge >= 0.3 is 0 Å². The summed E-state index contributed by atoms with van der Waals surface area (Å²) >= 11 is 0. The van der Waals surface area contributed by atoms with E-state index in [2.05, 4.69) is 43.4 Å². The summed E-state index contributed by atoms with van der Waals surface area (Å²) in [4.78, 5) is 0. The molecule has 1 aliphatic carbocycles. The summed E-state index contributed by atoms with van der Waals surface area (Å²) in [7, 11) is 1.88. The van der Waals surface area contributed by atoms with Crippen LogP contribution < -0.4 is 5.32 Å². The van der Waals surface area contributed by atoms with E-state index in [9.17, 15) is 0 Å². The molecule has 0 aromatic heterocycles. The molecule has 0 amide bonds. The largest absolute Gasteiger partial charge is 0.379 e. The maximum Gasteiger partial charge on any atom is 0.0794 e. The number of hydrogen-bond donors (Lipinski definition) is 1. The summed E-state index contributed by atoms with van der Waals surface area (Å²) < 4.78 is 5.97. The van der Waals surface area contributed by atoms with Gasteiger partial charge in [0.25, 0.3) is 0 Å². The lowest BCUT2D eigenvalue weighted by molar-refractivity contribution is 0.00791. The average molecular weight is 289 g/mol. The highest BCUT2D eigenvalue weighted by molar-refractivity contribution is 5.27. The summed E-state index contributed by atoms with van der Waals surface area (Å²) in [5.41, 5.74) is 2.79. The fourth-order valence-electron chi connectivity index (χ4n) is 3.71. The second kappa shape index (κ2) is 8.55. The van der Waals surface area contributed by atoms with Crippen LogP contribution in [0, 0.1) is 5.92 Å². The third-order valence-corrected chi connectivity index (χ3v) is 4.86. The number of rotatable bonds is 7. The summed E-state index contributed by atoms with van der Waals surface area (Å²) in [5, 5.41) is 3.67. The second-order valence-corrected chi connectivity index (χ2v) is 6.23. The Hall–Kier alpha value is -0.860. The van der Waals surface area contributed by atoms with Gasteiger partial charge in [-0.3, -0.25) is 0 Å². The number of hydrogen-bond acceptors (Lipinski definition) is 2. The molecule has 1 aliphatic rings. The van der Waals surface area contributed by atoms with E-state index in [-0.39, 0.29) is 6.10 Å². The van der Waals surface area contributed by atoms with E-state index in [0.717, 1.165) is 13.0 Å². The van der Waals surface area contributed by atoms with Crippen molar-refractivity contribution in [3.8, 4) is 0 Å². The molecule has 1 saturated carbocycles. The van der Waals surface area contributed by atoms with Crippen molar-refractivity contribution in [2.75, 3.05) is 13.7 Å². The molecule has 2 atom stereocenters. The molecule has 0 saturated heterocycles. The lowest BCUT2D eigenvalue weighted by atomic mass is 9.80. The molecule has 1 N–H and O–H groups in total. The normalized spacial score (nSPS) is 19.4. The first-order valence-corrected chi connectivity index (χ1v) is 8.65. The van der Waals surface area contributed by atoms with Gasteiger partial charge < -0.3 is 10.1 Å². The Morgan fingerprint density at radius 2 is 1.95 bits per heavy atom. The van der Waals surface area contributed by atoms with Crippen LogP contribution in [0.3, 0.4) is 0 Å². The molecular weight excluding hydrogens is 258 g/mol. The zero-order valence-electron chi connectivity index (χ0n) is 13.9. The number of ether oxygens (including phenoxy) is 1. The summed E-state index contributed by atoms with van der Waals surface area (Å²) in [6.45, 7) is 5.38. The van der Waals surface area contributed by atoms with Crippen molar-refractivity contribution in [3.63, 3.8) is 0 Å². The lowest BCUT2D eigenvalue weighted by Crippen LogP contribution is -2.39. The van der Waals surface area contributed by atoms with Crippen molar-refractivity contribution in [2.45, 2.75) is 64.5 Å². The standard InChI is InChI=1S/C19H31NO/c1-4-15-10-9-13-17(14-15)18(20-5-2)19(21-3)16-11-7-6-8-12-16/h9-10,13-14,16,18-20H,4-8,11-12H2,1-3H3. The molecule has 2 nitrogen and oxygen atoms in total. The number of likely N-dealkylation sites (N-methyl/N-ethyl adjacent to an activating group) is 1. The molecule has 0 aliphatic heterocycles. The molecular formula is C19H31NO. The Bertz CT molecular complexity index is 412. The Morgan fingerprint density at radius 3 is 2.57 bits per heavy atom. The summed E-state index contributed by atoms with van der Waals surface area (Å²) in [5.74, 6) is 0.693. The van der Waals surface area contributed by atoms with E-state index in [0.29, 0.717) is 12.0 Å². The molecule has 0 bridgehead atoms. The van der Waals surface area contributed by atoms with Gasteiger partial charge in [-0.1, -0.05) is 57.4 Å².